The van der Waals surface area contributed by atoms with Gasteiger partial charge in [-0.1, -0.05) is 25.1 Å². The molecule has 25 heteroatoms. The maximum absolute atomic E-state index is 14.5. The average molecular weight is 1140 g/mol. The second-order valence-corrected chi connectivity index (χ2v) is 22.7. The number of rotatable bonds is 19. The van der Waals surface area contributed by atoms with Gasteiger partial charge in [0.2, 0.25) is 12.0 Å². The lowest BCUT2D eigenvalue weighted by Gasteiger charge is -2.49. The Kier molecular flexibility index (Phi) is 21.6. The fourth-order valence-corrected chi connectivity index (χ4v) is 11.5. The highest BCUT2D eigenvalue weighted by atomic mass is 16.7. The van der Waals surface area contributed by atoms with Crippen LogP contribution in [0.15, 0.2) is 34.3 Å². The average Bonchev–Trinajstić information content (AvgIpc) is 3.44. The van der Waals surface area contributed by atoms with Crippen molar-refractivity contribution in [1.82, 2.24) is 14.9 Å². The minimum Gasteiger partial charge on any atom is -0.477 e. The van der Waals surface area contributed by atoms with Crippen LogP contribution in [0, 0.1) is 17.8 Å². The summed E-state index contributed by atoms with van der Waals surface area (Å²) in [6.45, 7) is 11.6. The molecule has 0 spiro atoms. The zero-order chi connectivity index (χ0) is 59.2. The van der Waals surface area contributed by atoms with E-state index in [0.29, 0.717) is 36.8 Å². The fraction of sp³-hybridized carbons (Fsp3) is 0.745. The number of likely N-dealkylation sites (N-methyl/N-ethyl adjacent to an activating group) is 1. The van der Waals surface area contributed by atoms with Gasteiger partial charge in [-0.3, -0.25) is 14.3 Å². The molecule has 3 saturated heterocycles. The van der Waals surface area contributed by atoms with E-state index in [1.807, 2.05) is 32.0 Å². The molecule has 2 aromatic rings. The predicted octanol–water partition coefficient (Wildman–Crippen LogP) is 2.08. The summed E-state index contributed by atoms with van der Waals surface area (Å²) in [5.41, 5.74) is -4.83. The molecule has 0 unspecified atom stereocenters. The van der Waals surface area contributed by atoms with Crippen LogP contribution in [-0.2, 0) is 63.5 Å². The van der Waals surface area contributed by atoms with Crippen molar-refractivity contribution >= 4 is 40.6 Å². The molecule has 4 fully saturated rings. The van der Waals surface area contributed by atoms with Crippen molar-refractivity contribution in [3.05, 3.63) is 45.7 Å². The van der Waals surface area contributed by atoms with Crippen LogP contribution in [0.5, 0.6) is 0 Å². The van der Waals surface area contributed by atoms with Gasteiger partial charge in [0.25, 0.3) is 0 Å². The Hall–Kier alpha value is -5.06. The van der Waals surface area contributed by atoms with Crippen molar-refractivity contribution in [3.8, 4) is 0 Å². The number of ether oxygens (including phenoxy) is 9. The summed E-state index contributed by atoms with van der Waals surface area (Å²) in [4.78, 5) is 71.8. The first-order valence-electron chi connectivity index (χ1n) is 27.3. The van der Waals surface area contributed by atoms with E-state index in [4.69, 9.17) is 42.7 Å². The molecule has 1 aromatic heterocycles. The van der Waals surface area contributed by atoms with Gasteiger partial charge in [-0.05, 0) is 105 Å². The molecule has 80 heavy (non-hydrogen) atoms. The van der Waals surface area contributed by atoms with E-state index in [-0.39, 0.29) is 56.2 Å². The maximum Gasteiger partial charge on any atom is 0.407 e. The number of fused-ring (bicyclic) bond motifs is 2. The lowest BCUT2D eigenvalue weighted by molar-refractivity contribution is -0.317. The highest BCUT2D eigenvalue weighted by Gasteiger charge is 2.58. The number of nitrogens with zero attached hydrogens (tertiary/aromatic N) is 4. The van der Waals surface area contributed by atoms with Crippen LogP contribution in [0.2, 0.25) is 0 Å². The number of carboxylic acid groups (broad SMARTS) is 1. The number of carbonyl (C=O) groups excluding carboxylic acids is 3. The first-order valence-corrected chi connectivity index (χ1v) is 27.3. The Labute approximate surface area is 466 Å². The molecule has 1 aromatic carbocycles. The third-order valence-corrected chi connectivity index (χ3v) is 16.2. The number of oxime groups is 1. The van der Waals surface area contributed by atoms with Crippen LogP contribution in [0.3, 0.4) is 0 Å². The van der Waals surface area contributed by atoms with Gasteiger partial charge in [0.05, 0.1) is 60.9 Å². The zero-order valence-corrected chi connectivity index (χ0v) is 48.3. The van der Waals surface area contributed by atoms with Gasteiger partial charge < -0.3 is 88.2 Å². The highest BCUT2D eigenvalue weighted by molar-refractivity contribution is 5.93. The summed E-state index contributed by atoms with van der Waals surface area (Å²) in [7, 11) is 9.75. The molecule has 4 heterocycles. The van der Waals surface area contributed by atoms with Crippen LogP contribution in [-0.4, -0.2) is 218 Å². The monoisotopic (exact) mass is 1140 g/mol. The number of methoxy groups -OCH3 is 2. The second-order valence-electron chi connectivity index (χ2n) is 22.7. The summed E-state index contributed by atoms with van der Waals surface area (Å²) < 4.78 is 56.3. The minimum atomic E-state index is -2.04. The van der Waals surface area contributed by atoms with E-state index < -0.39 is 132 Å². The quantitative estimate of drug-likeness (QED) is 0.0508. The smallest absolute Gasteiger partial charge is 0.407 e. The van der Waals surface area contributed by atoms with Crippen molar-refractivity contribution in [2.45, 2.75) is 178 Å². The van der Waals surface area contributed by atoms with E-state index in [1.54, 1.807) is 70.5 Å². The number of nitrogens with one attached hydrogen (secondary N) is 1. The first-order chi connectivity index (χ1) is 37.6. The van der Waals surface area contributed by atoms with Gasteiger partial charge in [-0.25, -0.2) is 14.4 Å². The molecule has 4 aliphatic rings. The fourth-order valence-electron chi connectivity index (χ4n) is 11.5. The lowest BCUT2D eigenvalue weighted by Crippen LogP contribution is -2.64. The van der Waals surface area contributed by atoms with Crippen molar-refractivity contribution in [2.75, 3.05) is 73.8 Å². The minimum absolute atomic E-state index is 0.00135. The molecule has 25 nitrogen and oxygen atoms in total. The number of benzene rings is 1. The van der Waals surface area contributed by atoms with Gasteiger partial charge in [0, 0.05) is 70.2 Å². The van der Waals surface area contributed by atoms with Crippen molar-refractivity contribution in [3.63, 3.8) is 0 Å². The van der Waals surface area contributed by atoms with E-state index >= 15 is 0 Å². The number of aliphatic hydroxyl groups excluding tert-OH is 2. The normalized spacial score (nSPS) is 35.6. The van der Waals surface area contributed by atoms with Gasteiger partial charge in [-0.15, -0.1) is 0 Å². The Bertz CT molecular complexity index is 2560. The summed E-state index contributed by atoms with van der Waals surface area (Å²) in [5.74, 6) is -5.92. The molecular weight excluding hydrogens is 1050 g/mol. The molecule has 450 valence electrons. The number of aromatic carboxylic acids is 1. The molecule has 0 radical (unpaired) electrons. The van der Waals surface area contributed by atoms with Gasteiger partial charge >= 0.3 is 24.0 Å². The number of aliphatic hydroxyl groups is 4. The zero-order valence-electron chi connectivity index (χ0n) is 48.3. The van der Waals surface area contributed by atoms with Crippen molar-refractivity contribution in [1.29, 1.82) is 0 Å². The summed E-state index contributed by atoms with van der Waals surface area (Å²) >= 11 is 0. The number of hydrogen-bond acceptors (Lipinski definition) is 22. The van der Waals surface area contributed by atoms with Crippen molar-refractivity contribution in [2.24, 2.45) is 22.9 Å². The van der Waals surface area contributed by atoms with E-state index in [0.717, 1.165) is 12.7 Å². The molecular formula is C55H85N5O20. The SMILES string of the molecule is COC(=O)CO/N=C1\[C@H](C)C[C@@](C)(O)[C@H](O[C@@H]2O[C@H](C)C[C@H](N(C)C)[C@H]2O)[C@@H](C)[C@H](O[C@H]2C[C@@](C)(OC)[C@@H](OC(=O)NCCOCCCc3ccc4c(c3)c(=O)c(C(=O)O)cn4N(C)C)[C@H](C)O2)[C@@H](C)C(=O)O[C@@H]2CC[C@]2(O)[C@@H]1O. The largest absolute Gasteiger partial charge is 0.477 e. The van der Waals surface area contributed by atoms with E-state index in [2.05, 4.69) is 15.2 Å². The Morgan fingerprint density at radius 3 is 2.29 bits per heavy atom. The van der Waals surface area contributed by atoms with Gasteiger partial charge in [0.15, 0.2) is 18.7 Å². The molecule has 17 atom stereocenters. The summed E-state index contributed by atoms with van der Waals surface area (Å²) in [6, 6.07) is 4.95. The van der Waals surface area contributed by atoms with Crippen LogP contribution in [0.1, 0.15) is 103 Å². The second kappa shape index (κ2) is 26.9. The number of carboxylic acids is 1. The number of aromatic nitrogens is 1. The molecule has 6 N–H and O–H groups in total. The topological polar surface area (TPSA) is 315 Å². The number of alkyl carbamates (subject to hydrolysis) is 1. The van der Waals surface area contributed by atoms with Crippen LogP contribution < -0.4 is 15.8 Å². The number of pyridine rings is 1. The number of esters is 2. The number of carbonyl (C=O) groups is 4. The van der Waals surface area contributed by atoms with Crippen LogP contribution in [0.25, 0.3) is 10.9 Å². The van der Waals surface area contributed by atoms with Crippen LogP contribution in [0.4, 0.5) is 4.79 Å². The summed E-state index contributed by atoms with van der Waals surface area (Å²) in [6.07, 6.45) is -9.31. The van der Waals surface area contributed by atoms with Crippen LogP contribution >= 0.6 is 0 Å². The Morgan fingerprint density at radius 2 is 1.66 bits per heavy atom. The molecule has 1 amide bonds. The number of amides is 1. The first kappa shape index (κ1) is 64.1. The van der Waals surface area contributed by atoms with Crippen molar-refractivity contribution < 1.29 is 92.2 Å². The Morgan fingerprint density at radius 1 is 0.950 bits per heavy atom. The summed E-state index contributed by atoms with van der Waals surface area (Å²) in [5, 5.41) is 66.8. The van der Waals surface area contributed by atoms with E-state index in [9.17, 15) is 49.5 Å². The Balaban J connectivity index is 1.16. The van der Waals surface area contributed by atoms with Gasteiger partial charge in [-0.2, -0.15) is 0 Å². The number of aryl methyl sites for hydroxylation is 1. The third kappa shape index (κ3) is 14.6. The van der Waals surface area contributed by atoms with E-state index in [1.165, 1.54) is 20.2 Å². The number of hydrogen-bond donors (Lipinski definition) is 6. The molecule has 6 rings (SSSR count). The molecule has 1 saturated carbocycles. The van der Waals surface area contributed by atoms with Gasteiger partial charge in [0.1, 0.15) is 35.1 Å². The molecule has 0 bridgehead atoms. The standard InChI is InChI=1S/C55H85N5O20/c1-29-25-53(6,69)47(79-51-44(63)38(58(8)9)23-30(2)75-51)31(3)45(32(4)50(67)77-39-18-19-55(39,70)46(64)42(29)57-74-28-40(61)71-12)78-41-26-54(7,72-13)48(33(5)76-41)80-52(68)56-20-22-73-21-14-15-34-16-17-37-35(24-34)43(62)36(49(65)66)27-60(37)59(10)11/h16-17,24,27,29-33,38-39,41,44-48,51,63-64,69-70H,14-15,18-23,25-26,28H2,1-13H3,(H,56,68)(H,65,66)/b57-42+/t29-,30-,31+,32-,33+,38+,39-,41+,44-,45+,46-,47-,48+,51+,53-,54-,55-/m1/s1. The third-order valence-electron chi connectivity index (χ3n) is 16.2. The predicted molar refractivity (Wildman–Crippen MR) is 287 cm³/mol. The molecule has 3 aliphatic heterocycles. The lowest BCUT2D eigenvalue weighted by atomic mass is 9.69. The maximum atomic E-state index is 14.5. The highest BCUT2D eigenvalue weighted by Crippen LogP contribution is 2.44. The molecule has 1 aliphatic carbocycles.